The van der Waals surface area contributed by atoms with Crippen molar-refractivity contribution in [2.45, 2.75) is 20.5 Å². The maximum atomic E-state index is 5.76. The van der Waals surface area contributed by atoms with E-state index in [1.54, 1.807) is 7.11 Å². The number of nitrogens with zero attached hydrogens (tertiary/aromatic N) is 1. The van der Waals surface area contributed by atoms with Crippen LogP contribution < -0.4 is 9.47 Å². The zero-order valence-electron chi connectivity index (χ0n) is 10.9. The Morgan fingerprint density at radius 3 is 2.61 bits per heavy atom. The molecule has 0 bridgehead atoms. The number of para-hydroxylation sites is 1. The minimum atomic E-state index is 0.447. The summed E-state index contributed by atoms with van der Waals surface area (Å²) in [5, 5.41) is 0. The van der Waals surface area contributed by atoms with E-state index in [2.05, 4.69) is 4.98 Å². The molecule has 0 spiro atoms. The Kier molecular flexibility index (Phi) is 3.82. The molecule has 1 aromatic carbocycles. The summed E-state index contributed by atoms with van der Waals surface area (Å²) in [5.74, 6) is 1.70. The van der Waals surface area contributed by atoms with Gasteiger partial charge in [-0.2, -0.15) is 0 Å². The van der Waals surface area contributed by atoms with Crippen LogP contribution in [0.5, 0.6) is 11.5 Å². The van der Waals surface area contributed by atoms with Crippen molar-refractivity contribution in [2.75, 3.05) is 7.11 Å². The highest BCUT2D eigenvalue weighted by molar-refractivity contribution is 5.32. The summed E-state index contributed by atoms with van der Waals surface area (Å²) < 4.78 is 11.0. The maximum Gasteiger partial charge on any atom is 0.130 e. The van der Waals surface area contributed by atoms with Gasteiger partial charge in [-0.25, -0.2) is 0 Å². The third-order valence-electron chi connectivity index (χ3n) is 2.68. The van der Waals surface area contributed by atoms with Crippen LogP contribution in [0.4, 0.5) is 0 Å². The summed E-state index contributed by atoms with van der Waals surface area (Å²) in [6.07, 6.45) is 0. The molecule has 0 saturated heterocycles. The largest absolute Gasteiger partial charge is 0.497 e. The summed E-state index contributed by atoms with van der Waals surface area (Å²) in [7, 11) is 1.65. The van der Waals surface area contributed by atoms with Gasteiger partial charge in [0.1, 0.15) is 18.1 Å². The van der Waals surface area contributed by atoms with Gasteiger partial charge in [-0.3, -0.25) is 4.98 Å². The van der Waals surface area contributed by atoms with Crippen LogP contribution in [0.3, 0.4) is 0 Å². The van der Waals surface area contributed by atoms with E-state index in [1.807, 2.05) is 50.2 Å². The van der Waals surface area contributed by atoms with Gasteiger partial charge in [0.05, 0.1) is 12.8 Å². The van der Waals surface area contributed by atoms with E-state index < -0.39 is 0 Å². The first-order valence-electron chi connectivity index (χ1n) is 5.89. The molecule has 0 N–H and O–H groups in total. The Labute approximate surface area is 107 Å². The highest BCUT2D eigenvalue weighted by Crippen LogP contribution is 2.19. The van der Waals surface area contributed by atoms with E-state index in [1.165, 1.54) is 0 Å². The lowest BCUT2D eigenvalue weighted by molar-refractivity contribution is 0.298. The van der Waals surface area contributed by atoms with Gasteiger partial charge >= 0.3 is 0 Å². The summed E-state index contributed by atoms with van der Waals surface area (Å²) in [6, 6.07) is 11.7. The Hall–Kier alpha value is -2.03. The van der Waals surface area contributed by atoms with Gasteiger partial charge in [-0.1, -0.05) is 18.2 Å². The molecule has 0 aliphatic carbocycles. The Bertz CT molecular complexity index is 538. The van der Waals surface area contributed by atoms with Crippen LogP contribution in [0.15, 0.2) is 36.4 Å². The standard InChI is InChI=1S/C15H17NO2/c1-11-6-4-5-7-15(11)18-10-13-9-14(17-3)8-12(2)16-13/h4-9H,10H2,1-3H3. The van der Waals surface area contributed by atoms with Crippen LogP contribution in [-0.4, -0.2) is 12.1 Å². The van der Waals surface area contributed by atoms with Crippen LogP contribution in [0.2, 0.25) is 0 Å². The van der Waals surface area contributed by atoms with Crippen LogP contribution in [0, 0.1) is 13.8 Å². The van der Waals surface area contributed by atoms with Crippen LogP contribution in [0.25, 0.3) is 0 Å². The van der Waals surface area contributed by atoms with Gasteiger partial charge < -0.3 is 9.47 Å². The summed E-state index contributed by atoms with van der Waals surface area (Å²) >= 11 is 0. The number of benzene rings is 1. The molecule has 0 aliphatic heterocycles. The van der Waals surface area contributed by atoms with Gasteiger partial charge in [-0.15, -0.1) is 0 Å². The normalized spacial score (nSPS) is 10.2. The van der Waals surface area contributed by atoms with E-state index in [0.717, 1.165) is 28.5 Å². The molecular formula is C15H17NO2. The Morgan fingerprint density at radius 2 is 1.89 bits per heavy atom. The molecule has 0 radical (unpaired) electrons. The molecule has 1 heterocycles. The second-order valence-electron chi connectivity index (χ2n) is 4.19. The van der Waals surface area contributed by atoms with E-state index in [4.69, 9.17) is 9.47 Å². The minimum Gasteiger partial charge on any atom is -0.497 e. The summed E-state index contributed by atoms with van der Waals surface area (Å²) in [6.45, 7) is 4.42. The van der Waals surface area contributed by atoms with Crippen molar-refractivity contribution >= 4 is 0 Å². The first-order valence-corrected chi connectivity index (χ1v) is 5.89. The van der Waals surface area contributed by atoms with Gasteiger partial charge in [0, 0.05) is 17.8 Å². The minimum absolute atomic E-state index is 0.447. The number of hydrogen-bond acceptors (Lipinski definition) is 3. The van der Waals surface area contributed by atoms with E-state index in [9.17, 15) is 0 Å². The molecule has 0 amide bonds. The van der Waals surface area contributed by atoms with Gasteiger partial charge in [-0.05, 0) is 25.5 Å². The van der Waals surface area contributed by atoms with Crippen molar-refractivity contribution in [3.8, 4) is 11.5 Å². The fraction of sp³-hybridized carbons (Fsp3) is 0.267. The van der Waals surface area contributed by atoms with Crippen molar-refractivity contribution in [3.63, 3.8) is 0 Å². The maximum absolute atomic E-state index is 5.76. The second-order valence-corrected chi connectivity index (χ2v) is 4.19. The predicted molar refractivity (Wildman–Crippen MR) is 71.0 cm³/mol. The molecule has 0 unspecified atom stereocenters. The molecule has 3 nitrogen and oxygen atoms in total. The number of aromatic nitrogens is 1. The number of aryl methyl sites for hydroxylation is 2. The fourth-order valence-corrected chi connectivity index (χ4v) is 1.76. The summed E-state index contributed by atoms with van der Waals surface area (Å²) in [5.41, 5.74) is 2.92. The van der Waals surface area contributed by atoms with Gasteiger partial charge in [0.2, 0.25) is 0 Å². The molecule has 2 rings (SSSR count). The predicted octanol–water partition coefficient (Wildman–Crippen LogP) is 3.29. The molecule has 0 aliphatic rings. The van der Waals surface area contributed by atoms with Crippen molar-refractivity contribution in [3.05, 3.63) is 53.3 Å². The Balaban J connectivity index is 2.11. The lowest BCUT2D eigenvalue weighted by Gasteiger charge is -2.10. The SMILES string of the molecule is COc1cc(C)nc(COc2ccccc2C)c1. The molecule has 3 heteroatoms. The highest BCUT2D eigenvalue weighted by Gasteiger charge is 2.03. The first-order chi connectivity index (χ1) is 8.69. The van der Waals surface area contributed by atoms with E-state index >= 15 is 0 Å². The average Bonchev–Trinajstić information content (AvgIpc) is 2.37. The molecule has 94 valence electrons. The second kappa shape index (κ2) is 5.54. The fourth-order valence-electron chi connectivity index (χ4n) is 1.76. The highest BCUT2D eigenvalue weighted by atomic mass is 16.5. The smallest absolute Gasteiger partial charge is 0.130 e. The van der Waals surface area contributed by atoms with Crippen molar-refractivity contribution in [1.29, 1.82) is 0 Å². The van der Waals surface area contributed by atoms with Crippen molar-refractivity contribution in [2.24, 2.45) is 0 Å². The third-order valence-corrected chi connectivity index (χ3v) is 2.68. The summed E-state index contributed by atoms with van der Waals surface area (Å²) in [4.78, 5) is 4.42. The van der Waals surface area contributed by atoms with Crippen molar-refractivity contribution in [1.82, 2.24) is 4.98 Å². The van der Waals surface area contributed by atoms with Gasteiger partial charge in [0.25, 0.3) is 0 Å². The molecule has 0 atom stereocenters. The lowest BCUT2D eigenvalue weighted by Crippen LogP contribution is -2.01. The zero-order valence-corrected chi connectivity index (χ0v) is 10.9. The molecule has 2 aromatic rings. The van der Waals surface area contributed by atoms with Crippen molar-refractivity contribution < 1.29 is 9.47 Å². The number of hydrogen-bond donors (Lipinski definition) is 0. The topological polar surface area (TPSA) is 31.4 Å². The zero-order chi connectivity index (χ0) is 13.0. The average molecular weight is 243 g/mol. The molecule has 1 aromatic heterocycles. The first kappa shape index (κ1) is 12.4. The lowest BCUT2D eigenvalue weighted by atomic mass is 10.2. The van der Waals surface area contributed by atoms with Crippen LogP contribution in [-0.2, 0) is 6.61 Å². The monoisotopic (exact) mass is 243 g/mol. The molecule has 18 heavy (non-hydrogen) atoms. The molecule has 0 fully saturated rings. The number of rotatable bonds is 4. The number of methoxy groups -OCH3 is 1. The number of ether oxygens (including phenoxy) is 2. The van der Waals surface area contributed by atoms with Gasteiger partial charge in [0.15, 0.2) is 0 Å². The number of pyridine rings is 1. The molecular weight excluding hydrogens is 226 g/mol. The van der Waals surface area contributed by atoms with E-state index in [0.29, 0.717) is 6.61 Å². The quantitative estimate of drug-likeness (QED) is 0.825. The van der Waals surface area contributed by atoms with Crippen LogP contribution in [0.1, 0.15) is 17.0 Å². The third kappa shape index (κ3) is 3.00. The van der Waals surface area contributed by atoms with E-state index in [-0.39, 0.29) is 0 Å². The van der Waals surface area contributed by atoms with Crippen LogP contribution >= 0.6 is 0 Å². The molecule has 0 saturated carbocycles. The Morgan fingerprint density at radius 1 is 1.11 bits per heavy atom.